The van der Waals surface area contributed by atoms with Crippen molar-refractivity contribution >= 4 is 23.3 Å². The van der Waals surface area contributed by atoms with E-state index in [-0.39, 0.29) is 17.7 Å². The molecule has 3 atom stereocenters. The van der Waals surface area contributed by atoms with Crippen LogP contribution in [0, 0.1) is 5.92 Å². The number of carboxylic acids is 1. The van der Waals surface area contributed by atoms with Crippen molar-refractivity contribution in [3.8, 4) is 0 Å². The smallest absolute Gasteiger partial charge is 0.221 e. The molecule has 5 nitrogen and oxygen atoms in total. The first kappa shape index (κ1) is 12.7. The molecule has 104 valence electrons. The average molecular weight is 271 g/mol. The van der Waals surface area contributed by atoms with E-state index in [4.69, 9.17) is 0 Å². The highest BCUT2D eigenvalue weighted by molar-refractivity contribution is 5.89. The zero-order chi connectivity index (χ0) is 14.3. The van der Waals surface area contributed by atoms with Crippen LogP contribution >= 0.6 is 0 Å². The Labute approximate surface area is 116 Å². The number of allylic oxidation sites excluding steroid dienone is 2. The number of hydrogen-bond acceptors (Lipinski definition) is 4. The summed E-state index contributed by atoms with van der Waals surface area (Å²) in [6.45, 7) is 1.46. The van der Waals surface area contributed by atoms with Gasteiger partial charge in [-0.05, 0) is 36.1 Å². The van der Waals surface area contributed by atoms with Gasteiger partial charge in [-0.3, -0.25) is 4.79 Å². The molecule has 5 heteroatoms. The minimum Gasteiger partial charge on any atom is -0.548 e. The molecule has 0 saturated heterocycles. The zero-order valence-electron chi connectivity index (χ0n) is 11.1. The number of aliphatic carboxylic acids is 1. The van der Waals surface area contributed by atoms with E-state index in [9.17, 15) is 14.7 Å². The molecule has 0 aromatic heterocycles. The van der Waals surface area contributed by atoms with Gasteiger partial charge < -0.3 is 20.5 Å². The Bertz CT molecular complexity index is 609. The molecular formula is C15H15N2O3-. The molecule has 1 aliphatic carbocycles. The van der Waals surface area contributed by atoms with Gasteiger partial charge in [0.2, 0.25) is 5.91 Å². The van der Waals surface area contributed by atoms with Gasteiger partial charge >= 0.3 is 0 Å². The van der Waals surface area contributed by atoms with Crippen molar-refractivity contribution in [2.45, 2.75) is 25.3 Å². The van der Waals surface area contributed by atoms with Crippen LogP contribution in [0.4, 0.5) is 11.4 Å². The number of fused-ring (bicyclic) bond motifs is 3. The van der Waals surface area contributed by atoms with Crippen molar-refractivity contribution in [1.82, 2.24) is 0 Å². The molecule has 0 unspecified atom stereocenters. The van der Waals surface area contributed by atoms with Crippen LogP contribution in [0.3, 0.4) is 0 Å². The first-order chi connectivity index (χ1) is 9.56. The number of anilines is 2. The molecule has 0 saturated carbocycles. The number of carbonyl (C=O) groups is 2. The molecule has 1 aromatic carbocycles. The Morgan fingerprint density at radius 1 is 1.40 bits per heavy atom. The summed E-state index contributed by atoms with van der Waals surface area (Å²) in [6, 6.07) is 4.80. The summed E-state index contributed by atoms with van der Waals surface area (Å²) in [5.74, 6) is -1.16. The van der Waals surface area contributed by atoms with E-state index >= 15 is 0 Å². The maximum atomic E-state index is 11.3. The third-order valence-electron chi connectivity index (χ3n) is 3.94. The monoisotopic (exact) mass is 271 g/mol. The van der Waals surface area contributed by atoms with E-state index in [2.05, 4.69) is 10.6 Å². The molecule has 20 heavy (non-hydrogen) atoms. The van der Waals surface area contributed by atoms with Gasteiger partial charge in [0, 0.05) is 24.2 Å². The second-order valence-corrected chi connectivity index (χ2v) is 5.28. The van der Waals surface area contributed by atoms with Gasteiger partial charge in [-0.1, -0.05) is 12.2 Å². The molecular weight excluding hydrogens is 256 g/mol. The molecule has 1 heterocycles. The Hall–Kier alpha value is -2.30. The van der Waals surface area contributed by atoms with Crippen molar-refractivity contribution in [2.24, 2.45) is 5.92 Å². The predicted molar refractivity (Wildman–Crippen MR) is 73.2 cm³/mol. The molecule has 0 radical (unpaired) electrons. The highest BCUT2D eigenvalue weighted by Crippen LogP contribution is 2.45. The van der Waals surface area contributed by atoms with Gasteiger partial charge in [0.25, 0.3) is 0 Å². The second-order valence-electron chi connectivity index (χ2n) is 5.28. The van der Waals surface area contributed by atoms with Gasteiger partial charge in [-0.15, -0.1) is 0 Å². The van der Waals surface area contributed by atoms with E-state index in [1.165, 1.54) is 6.92 Å². The van der Waals surface area contributed by atoms with Gasteiger partial charge in [-0.25, -0.2) is 0 Å². The highest BCUT2D eigenvalue weighted by atomic mass is 16.4. The van der Waals surface area contributed by atoms with Crippen LogP contribution in [-0.2, 0) is 9.59 Å². The van der Waals surface area contributed by atoms with E-state index in [1.54, 1.807) is 12.1 Å². The Kier molecular flexibility index (Phi) is 2.97. The van der Waals surface area contributed by atoms with Crippen molar-refractivity contribution in [1.29, 1.82) is 0 Å². The van der Waals surface area contributed by atoms with Crippen LogP contribution in [0.1, 0.15) is 24.8 Å². The normalized spacial score (nSPS) is 26.4. The number of carbonyl (C=O) groups excluding carboxylic acids is 2. The van der Waals surface area contributed by atoms with Crippen molar-refractivity contribution in [2.75, 3.05) is 10.6 Å². The lowest BCUT2D eigenvalue weighted by Crippen LogP contribution is -2.48. The lowest BCUT2D eigenvalue weighted by molar-refractivity contribution is -0.308. The summed E-state index contributed by atoms with van der Waals surface area (Å²) in [6.07, 6.45) is 4.77. The third kappa shape index (κ3) is 2.05. The zero-order valence-corrected chi connectivity index (χ0v) is 11.1. The summed E-state index contributed by atoms with van der Waals surface area (Å²) in [4.78, 5) is 22.4. The quantitative estimate of drug-likeness (QED) is 0.781. The fraction of sp³-hybridized carbons (Fsp3) is 0.333. The van der Waals surface area contributed by atoms with E-state index in [1.807, 2.05) is 18.2 Å². The molecule has 3 rings (SSSR count). The fourth-order valence-electron chi connectivity index (χ4n) is 3.11. The third-order valence-corrected chi connectivity index (χ3v) is 3.94. The van der Waals surface area contributed by atoms with E-state index in [0.29, 0.717) is 0 Å². The highest BCUT2D eigenvalue weighted by Gasteiger charge is 2.37. The molecule has 0 bridgehead atoms. The lowest BCUT2D eigenvalue weighted by atomic mass is 9.79. The van der Waals surface area contributed by atoms with Gasteiger partial charge in [0.15, 0.2) is 0 Å². The molecule has 0 fully saturated rings. The summed E-state index contributed by atoms with van der Waals surface area (Å²) in [5, 5.41) is 17.0. The Morgan fingerprint density at radius 2 is 2.20 bits per heavy atom. The number of nitrogens with one attached hydrogen (secondary N) is 2. The first-order valence-electron chi connectivity index (χ1n) is 6.62. The molecule has 1 aromatic rings. The SMILES string of the molecule is CC(=O)Nc1ccc2c(c1)[C@@H]1C=CC[C@@H]1[C@@H](C(=O)[O-])N2. The van der Waals surface area contributed by atoms with Crippen LogP contribution in [0.25, 0.3) is 0 Å². The minimum absolute atomic E-state index is 0.0277. The largest absolute Gasteiger partial charge is 0.548 e. The lowest BCUT2D eigenvalue weighted by Gasteiger charge is -2.37. The second kappa shape index (κ2) is 4.67. The molecule has 2 aliphatic rings. The number of hydrogen-bond donors (Lipinski definition) is 2. The van der Waals surface area contributed by atoms with Crippen LogP contribution < -0.4 is 15.7 Å². The van der Waals surface area contributed by atoms with E-state index < -0.39 is 12.0 Å². The summed E-state index contributed by atoms with van der Waals surface area (Å²) in [7, 11) is 0. The van der Waals surface area contributed by atoms with Crippen LogP contribution in [0.2, 0.25) is 0 Å². The molecule has 1 amide bonds. The van der Waals surface area contributed by atoms with E-state index in [0.717, 1.165) is 23.4 Å². The Morgan fingerprint density at radius 3 is 2.90 bits per heavy atom. The first-order valence-corrected chi connectivity index (χ1v) is 6.62. The average Bonchev–Trinajstić information content (AvgIpc) is 2.86. The predicted octanol–water partition coefficient (Wildman–Crippen LogP) is 0.849. The van der Waals surface area contributed by atoms with Crippen molar-refractivity contribution in [3.63, 3.8) is 0 Å². The molecule has 0 spiro atoms. The number of rotatable bonds is 2. The Balaban J connectivity index is 2.00. The topological polar surface area (TPSA) is 81.3 Å². The molecule has 1 aliphatic heterocycles. The van der Waals surface area contributed by atoms with Crippen LogP contribution in [0.5, 0.6) is 0 Å². The van der Waals surface area contributed by atoms with Crippen molar-refractivity contribution < 1.29 is 14.7 Å². The maximum Gasteiger partial charge on any atom is 0.221 e. The standard InChI is InChI=1S/C15H16N2O3/c1-8(18)16-9-5-6-13-12(7-9)10-3-2-4-11(10)14(17-13)15(19)20/h2-3,5-7,10-11,14,17H,4H2,1H3,(H,16,18)(H,19,20)/p-1/t10-,11+,14+/m1/s1. The number of amides is 1. The number of benzene rings is 1. The number of carboxylic acid groups (broad SMARTS) is 1. The minimum atomic E-state index is -1.07. The van der Waals surface area contributed by atoms with Crippen LogP contribution in [-0.4, -0.2) is 17.9 Å². The molecule has 2 N–H and O–H groups in total. The maximum absolute atomic E-state index is 11.3. The fourth-order valence-corrected chi connectivity index (χ4v) is 3.11. The summed E-state index contributed by atoms with van der Waals surface area (Å²) in [5.41, 5.74) is 2.54. The summed E-state index contributed by atoms with van der Waals surface area (Å²) < 4.78 is 0. The van der Waals surface area contributed by atoms with Crippen LogP contribution in [0.15, 0.2) is 30.4 Å². The van der Waals surface area contributed by atoms with Gasteiger partial charge in [0.05, 0.1) is 12.0 Å². The van der Waals surface area contributed by atoms with Gasteiger partial charge in [0.1, 0.15) is 0 Å². The van der Waals surface area contributed by atoms with Gasteiger partial charge in [-0.2, -0.15) is 0 Å². The summed E-state index contributed by atoms with van der Waals surface area (Å²) >= 11 is 0. The van der Waals surface area contributed by atoms with Crippen molar-refractivity contribution in [3.05, 3.63) is 35.9 Å².